The SMILES string of the molecule is CCc1c(C)noc1NC(=O)O. The molecule has 0 spiro atoms. The standard InChI is InChI=1S/C7H10N2O3/c1-3-5-4(2)9-12-6(5)8-7(10)11/h8H,3H2,1-2H3,(H,10,11). The monoisotopic (exact) mass is 170 g/mol. The molecule has 1 aromatic rings. The number of amides is 1. The summed E-state index contributed by atoms with van der Waals surface area (Å²) in [5.41, 5.74) is 1.53. The van der Waals surface area contributed by atoms with Crippen molar-refractivity contribution in [1.29, 1.82) is 0 Å². The smallest absolute Gasteiger partial charge is 0.411 e. The summed E-state index contributed by atoms with van der Waals surface area (Å²) in [7, 11) is 0. The van der Waals surface area contributed by atoms with Gasteiger partial charge in [-0.3, -0.25) is 5.32 Å². The molecule has 5 heteroatoms. The lowest BCUT2D eigenvalue weighted by molar-refractivity contribution is 0.208. The zero-order chi connectivity index (χ0) is 9.14. The summed E-state index contributed by atoms with van der Waals surface area (Å²) in [4.78, 5) is 10.2. The molecule has 0 aliphatic carbocycles. The molecule has 1 rings (SSSR count). The van der Waals surface area contributed by atoms with Crippen LogP contribution in [-0.4, -0.2) is 16.4 Å². The van der Waals surface area contributed by atoms with Crippen LogP contribution in [0.2, 0.25) is 0 Å². The quantitative estimate of drug-likeness (QED) is 0.707. The van der Waals surface area contributed by atoms with Crippen LogP contribution in [0.1, 0.15) is 18.2 Å². The van der Waals surface area contributed by atoms with Gasteiger partial charge in [-0.1, -0.05) is 12.1 Å². The van der Waals surface area contributed by atoms with Gasteiger partial charge in [-0.2, -0.15) is 0 Å². The van der Waals surface area contributed by atoms with E-state index in [1.54, 1.807) is 6.92 Å². The van der Waals surface area contributed by atoms with Gasteiger partial charge in [0.25, 0.3) is 0 Å². The van der Waals surface area contributed by atoms with Crippen molar-refractivity contribution in [2.75, 3.05) is 5.32 Å². The molecule has 66 valence electrons. The number of hydrogen-bond donors (Lipinski definition) is 2. The van der Waals surface area contributed by atoms with E-state index in [4.69, 9.17) is 9.63 Å². The molecule has 0 aromatic carbocycles. The molecule has 1 aromatic heterocycles. The Morgan fingerprint density at radius 3 is 2.92 bits per heavy atom. The van der Waals surface area contributed by atoms with Crippen molar-refractivity contribution in [3.8, 4) is 0 Å². The highest BCUT2D eigenvalue weighted by atomic mass is 16.5. The molecular weight excluding hydrogens is 160 g/mol. The molecule has 0 saturated carbocycles. The van der Waals surface area contributed by atoms with Crippen molar-refractivity contribution in [3.63, 3.8) is 0 Å². The predicted octanol–water partition coefficient (Wildman–Crippen LogP) is 1.64. The minimum absolute atomic E-state index is 0.225. The fourth-order valence-electron chi connectivity index (χ4n) is 1.00. The lowest BCUT2D eigenvalue weighted by Gasteiger charge is -1.96. The molecule has 5 nitrogen and oxygen atoms in total. The van der Waals surface area contributed by atoms with Crippen LogP contribution in [0.15, 0.2) is 4.52 Å². The minimum atomic E-state index is -1.14. The van der Waals surface area contributed by atoms with Crippen molar-refractivity contribution in [2.45, 2.75) is 20.3 Å². The Morgan fingerprint density at radius 2 is 2.42 bits per heavy atom. The van der Waals surface area contributed by atoms with Gasteiger partial charge in [0.2, 0.25) is 5.88 Å². The predicted molar refractivity (Wildman–Crippen MR) is 42.3 cm³/mol. The van der Waals surface area contributed by atoms with Gasteiger partial charge >= 0.3 is 6.09 Å². The van der Waals surface area contributed by atoms with Gasteiger partial charge in [-0.25, -0.2) is 4.79 Å². The summed E-state index contributed by atoms with van der Waals surface area (Å²) in [5, 5.41) is 14.2. The molecule has 0 atom stereocenters. The third-order valence-electron chi connectivity index (χ3n) is 1.56. The molecule has 12 heavy (non-hydrogen) atoms. The maximum Gasteiger partial charge on any atom is 0.411 e. The van der Waals surface area contributed by atoms with Crippen molar-refractivity contribution in [1.82, 2.24) is 5.16 Å². The number of carboxylic acid groups (broad SMARTS) is 1. The Balaban J connectivity index is 2.91. The van der Waals surface area contributed by atoms with E-state index < -0.39 is 6.09 Å². The Labute approximate surface area is 69.4 Å². The summed E-state index contributed by atoms with van der Waals surface area (Å²) in [5.74, 6) is 0.225. The Hall–Kier alpha value is -1.52. The Morgan fingerprint density at radius 1 is 1.75 bits per heavy atom. The topological polar surface area (TPSA) is 75.4 Å². The highest BCUT2D eigenvalue weighted by molar-refractivity contribution is 5.81. The van der Waals surface area contributed by atoms with Gasteiger partial charge in [-0.15, -0.1) is 0 Å². The van der Waals surface area contributed by atoms with Crippen LogP contribution in [-0.2, 0) is 6.42 Å². The number of anilines is 1. The number of hydrogen-bond acceptors (Lipinski definition) is 3. The number of carbonyl (C=O) groups is 1. The number of aryl methyl sites for hydroxylation is 1. The molecule has 0 saturated heterocycles. The first kappa shape index (κ1) is 8.58. The molecule has 0 fully saturated rings. The van der Waals surface area contributed by atoms with Crippen molar-refractivity contribution < 1.29 is 14.4 Å². The summed E-state index contributed by atoms with van der Waals surface area (Å²) in [6.45, 7) is 3.68. The maximum absolute atomic E-state index is 10.2. The van der Waals surface area contributed by atoms with E-state index in [1.807, 2.05) is 6.92 Å². The lowest BCUT2D eigenvalue weighted by atomic mass is 10.2. The van der Waals surface area contributed by atoms with Crippen LogP contribution in [0.5, 0.6) is 0 Å². The van der Waals surface area contributed by atoms with E-state index >= 15 is 0 Å². The van der Waals surface area contributed by atoms with Gasteiger partial charge in [-0.05, 0) is 13.3 Å². The van der Waals surface area contributed by atoms with Gasteiger partial charge in [0.15, 0.2) is 0 Å². The molecule has 1 heterocycles. The second-order valence-corrected chi connectivity index (χ2v) is 2.36. The fourth-order valence-corrected chi connectivity index (χ4v) is 1.00. The average molecular weight is 170 g/mol. The normalized spacial score (nSPS) is 9.83. The summed E-state index contributed by atoms with van der Waals surface area (Å²) in [6.07, 6.45) is -0.439. The summed E-state index contributed by atoms with van der Waals surface area (Å²) in [6, 6.07) is 0. The maximum atomic E-state index is 10.2. The van der Waals surface area contributed by atoms with Crippen molar-refractivity contribution in [2.24, 2.45) is 0 Å². The zero-order valence-corrected chi connectivity index (χ0v) is 6.92. The van der Waals surface area contributed by atoms with Crippen LogP contribution < -0.4 is 5.32 Å². The van der Waals surface area contributed by atoms with E-state index in [-0.39, 0.29) is 5.88 Å². The Kier molecular flexibility index (Phi) is 2.32. The number of nitrogens with one attached hydrogen (secondary N) is 1. The second-order valence-electron chi connectivity index (χ2n) is 2.36. The van der Waals surface area contributed by atoms with Crippen LogP contribution in [0.3, 0.4) is 0 Å². The third-order valence-corrected chi connectivity index (χ3v) is 1.56. The number of aromatic nitrogens is 1. The second kappa shape index (κ2) is 3.25. The van der Waals surface area contributed by atoms with E-state index in [0.717, 1.165) is 11.3 Å². The van der Waals surface area contributed by atoms with Crippen LogP contribution in [0.4, 0.5) is 10.7 Å². The Bertz CT molecular complexity index is 293. The largest absolute Gasteiger partial charge is 0.465 e. The zero-order valence-electron chi connectivity index (χ0n) is 6.92. The first-order chi connectivity index (χ1) is 5.65. The fraction of sp³-hybridized carbons (Fsp3) is 0.429. The van der Waals surface area contributed by atoms with Gasteiger partial charge in [0.1, 0.15) is 0 Å². The van der Waals surface area contributed by atoms with Crippen LogP contribution in [0, 0.1) is 6.92 Å². The van der Waals surface area contributed by atoms with E-state index in [0.29, 0.717) is 6.42 Å². The van der Waals surface area contributed by atoms with Crippen molar-refractivity contribution in [3.05, 3.63) is 11.3 Å². The molecule has 0 aliphatic heterocycles. The molecule has 1 amide bonds. The number of rotatable bonds is 2. The molecule has 0 aliphatic rings. The highest BCUT2D eigenvalue weighted by Gasteiger charge is 2.12. The summed E-state index contributed by atoms with van der Waals surface area (Å²) >= 11 is 0. The first-order valence-electron chi connectivity index (χ1n) is 3.60. The molecule has 2 N–H and O–H groups in total. The van der Waals surface area contributed by atoms with E-state index in [2.05, 4.69) is 10.5 Å². The molecular formula is C7H10N2O3. The number of nitrogens with zero attached hydrogens (tertiary/aromatic N) is 1. The minimum Gasteiger partial charge on any atom is -0.465 e. The molecule has 0 bridgehead atoms. The third kappa shape index (κ3) is 1.55. The molecule has 0 unspecified atom stereocenters. The first-order valence-corrected chi connectivity index (χ1v) is 3.60. The van der Waals surface area contributed by atoms with Crippen LogP contribution in [0.25, 0.3) is 0 Å². The lowest BCUT2D eigenvalue weighted by Crippen LogP contribution is -2.07. The van der Waals surface area contributed by atoms with E-state index in [1.165, 1.54) is 0 Å². The highest BCUT2D eigenvalue weighted by Crippen LogP contribution is 2.18. The van der Waals surface area contributed by atoms with Gasteiger partial charge in [0.05, 0.1) is 5.69 Å². The molecule has 0 radical (unpaired) electrons. The van der Waals surface area contributed by atoms with Crippen LogP contribution >= 0.6 is 0 Å². The van der Waals surface area contributed by atoms with E-state index in [9.17, 15) is 4.79 Å². The summed E-state index contributed by atoms with van der Waals surface area (Å²) < 4.78 is 4.76. The van der Waals surface area contributed by atoms with Gasteiger partial charge in [0, 0.05) is 5.56 Å². The van der Waals surface area contributed by atoms with Gasteiger partial charge < -0.3 is 9.63 Å². The van der Waals surface area contributed by atoms with Crippen molar-refractivity contribution >= 4 is 12.0 Å². The average Bonchev–Trinajstić information content (AvgIpc) is 2.30.